The SMILES string of the molecule is CSc1cc(-c2cccs2)cc(-c2[c-]scc2C)n1.CSc1cc([Si](c2ccccc2)(c2ccccc2)c2ccccc2)cc(-c2[c-]scc2C)n1.CSc1cccc(-c2[c-]sc(C)c2C)n1.[Ir].[Ir].[Ir]. The van der Waals surface area contributed by atoms with Crippen molar-refractivity contribution in [2.24, 2.45) is 0 Å². The van der Waals surface area contributed by atoms with Crippen LogP contribution < -0.4 is 20.7 Å². The van der Waals surface area contributed by atoms with Gasteiger partial charge in [0.15, 0.2) is 8.07 Å². The smallest absolute Gasteiger partial charge is 0.179 e. The Kier molecular flexibility index (Phi) is 23.2. The van der Waals surface area contributed by atoms with E-state index in [9.17, 15) is 0 Å². The molecule has 0 aliphatic carbocycles. The van der Waals surface area contributed by atoms with Crippen LogP contribution in [-0.2, 0) is 60.3 Å². The summed E-state index contributed by atoms with van der Waals surface area (Å²) in [4.78, 5) is 16.9. The summed E-state index contributed by atoms with van der Waals surface area (Å²) in [5.74, 6) is 0. The molecule has 7 aromatic heterocycles. The molecule has 10 rings (SSSR count). The van der Waals surface area contributed by atoms with E-state index in [2.05, 4.69) is 211 Å². The standard InChI is InChI=1S/C29H24NS2Si.C15H12NS3.C12H12NS2.3Ir/c1-22-20-32-21-27(22)28-18-26(19-29(30-28)31-2)33(23-12-6-3-7-13-23,24-14-8-4-9-15-24)25-16-10-5-11-17-25;1-10-8-18-9-12(10)13-6-11(7-15(16-13)17-2)14-4-3-5-19-14;1-8-9(2)15-7-10(8)11-5-4-6-12(13-11)14-3;;;/h3-20H,1-2H3;3-8H,1-2H3;4-6H,1-3H3;;;/q3*-1;;;. The monoisotopic (exact) mass is 1590 g/mol. The van der Waals surface area contributed by atoms with Gasteiger partial charge in [-0.1, -0.05) is 165 Å². The summed E-state index contributed by atoms with van der Waals surface area (Å²) in [7, 11) is -2.57. The maximum atomic E-state index is 5.01. The van der Waals surface area contributed by atoms with E-state index in [1.54, 1.807) is 80.6 Å². The Morgan fingerprint density at radius 3 is 1.40 bits per heavy atom. The molecule has 3 nitrogen and oxygen atoms in total. The molecule has 0 saturated heterocycles. The van der Waals surface area contributed by atoms with Gasteiger partial charge >= 0.3 is 0 Å². The molecule has 14 heteroatoms. The zero-order valence-electron chi connectivity index (χ0n) is 39.3. The Hall–Kier alpha value is -2.88. The number of thioether (sulfide) groups is 3. The zero-order chi connectivity index (χ0) is 46.8. The van der Waals surface area contributed by atoms with Gasteiger partial charge < -0.3 is 0 Å². The molecule has 3 aromatic carbocycles. The fourth-order valence-electron chi connectivity index (χ4n) is 7.85. The largest absolute Gasteiger partial charge is 0.290 e. The minimum absolute atomic E-state index is 0. The minimum Gasteiger partial charge on any atom is -0.290 e. The fourth-order valence-corrected chi connectivity index (χ4v) is 17.0. The molecule has 0 aliphatic heterocycles. The predicted octanol–water partition coefficient (Wildman–Crippen LogP) is 14.3. The van der Waals surface area contributed by atoms with Crippen molar-refractivity contribution in [3.05, 3.63) is 199 Å². The number of benzene rings is 3. The second-order valence-corrected chi connectivity index (χ2v) is 25.1. The number of hydrogen-bond donors (Lipinski definition) is 0. The predicted molar refractivity (Wildman–Crippen MR) is 300 cm³/mol. The zero-order valence-corrected chi connectivity index (χ0v) is 53.2. The first-order chi connectivity index (χ1) is 32.7. The summed E-state index contributed by atoms with van der Waals surface area (Å²) >= 11 is 11.7. The minimum atomic E-state index is -2.57. The molecule has 3 radical (unpaired) electrons. The van der Waals surface area contributed by atoms with E-state index in [0.717, 1.165) is 48.9 Å². The molecular formula is C56H48Ir3N3S7Si-3. The van der Waals surface area contributed by atoms with Gasteiger partial charge in [-0.25, -0.2) is 0 Å². The summed E-state index contributed by atoms with van der Waals surface area (Å²) in [6.07, 6.45) is 6.22. The van der Waals surface area contributed by atoms with Gasteiger partial charge in [0, 0.05) is 65.2 Å². The van der Waals surface area contributed by atoms with Gasteiger partial charge in [0.05, 0.1) is 15.1 Å². The Balaban J connectivity index is 0.000000210. The third-order valence-corrected chi connectivity index (χ3v) is 21.5. The third-order valence-electron chi connectivity index (χ3n) is 11.4. The third kappa shape index (κ3) is 13.4. The first-order valence-electron chi connectivity index (χ1n) is 21.5. The van der Waals surface area contributed by atoms with Crippen molar-refractivity contribution < 1.29 is 60.3 Å². The normalized spacial score (nSPS) is 10.6. The van der Waals surface area contributed by atoms with Gasteiger partial charge in [-0.15, -0.1) is 84.5 Å². The van der Waals surface area contributed by atoms with E-state index in [1.165, 1.54) is 52.8 Å². The van der Waals surface area contributed by atoms with Crippen molar-refractivity contribution in [3.8, 4) is 44.2 Å². The Labute approximate surface area is 484 Å². The number of aromatic nitrogens is 3. The molecule has 10 aromatic rings. The van der Waals surface area contributed by atoms with Gasteiger partial charge in [0.1, 0.15) is 0 Å². The van der Waals surface area contributed by atoms with Gasteiger partial charge in [-0.2, -0.15) is 11.1 Å². The number of pyridine rings is 3. The Morgan fingerprint density at radius 1 is 0.457 bits per heavy atom. The maximum Gasteiger partial charge on any atom is 0.179 e. The number of aryl methyl sites for hydroxylation is 3. The molecule has 0 N–H and O–H groups in total. The van der Waals surface area contributed by atoms with Gasteiger partial charge in [-0.3, -0.25) is 49.0 Å². The molecule has 0 atom stereocenters. The summed E-state index contributed by atoms with van der Waals surface area (Å²) in [5.41, 5.74) is 11.4. The van der Waals surface area contributed by atoms with Crippen molar-refractivity contribution in [1.82, 2.24) is 15.0 Å². The van der Waals surface area contributed by atoms with Crippen LogP contribution in [-0.4, -0.2) is 41.8 Å². The summed E-state index contributed by atoms with van der Waals surface area (Å²) in [5, 5.41) is 25.1. The Bertz CT molecular complexity index is 3060. The fraction of sp³-hybridized carbons (Fsp3) is 0.125. The van der Waals surface area contributed by atoms with Gasteiger partial charge in [0.25, 0.3) is 0 Å². The topological polar surface area (TPSA) is 38.7 Å². The van der Waals surface area contributed by atoms with Crippen molar-refractivity contribution in [3.63, 3.8) is 0 Å². The maximum absolute atomic E-state index is 5.01. The van der Waals surface area contributed by atoms with Crippen LogP contribution in [0.3, 0.4) is 0 Å². The van der Waals surface area contributed by atoms with E-state index >= 15 is 0 Å². The van der Waals surface area contributed by atoms with Crippen LogP contribution in [0, 0.1) is 43.8 Å². The van der Waals surface area contributed by atoms with Crippen molar-refractivity contribution in [2.45, 2.75) is 42.8 Å². The quantitative estimate of drug-likeness (QED) is 0.0556. The molecule has 0 amide bonds. The Morgan fingerprint density at radius 2 is 0.957 bits per heavy atom. The molecule has 7 heterocycles. The van der Waals surface area contributed by atoms with Crippen molar-refractivity contribution >= 4 is 109 Å². The van der Waals surface area contributed by atoms with Crippen LogP contribution in [0.4, 0.5) is 0 Å². The van der Waals surface area contributed by atoms with E-state index in [-0.39, 0.29) is 60.3 Å². The summed E-state index contributed by atoms with van der Waals surface area (Å²) in [6, 6.07) is 52.4. The average Bonchev–Trinajstić information content (AvgIpc) is 4.23. The first kappa shape index (κ1) is 58.0. The summed E-state index contributed by atoms with van der Waals surface area (Å²) < 4.78 is 0. The van der Waals surface area contributed by atoms with Crippen LogP contribution in [0.2, 0.25) is 0 Å². The first-order valence-corrected chi connectivity index (χ1v) is 30.6. The number of thiophene rings is 4. The molecule has 0 aliphatic rings. The van der Waals surface area contributed by atoms with Crippen LogP contribution in [0.1, 0.15) is 21.6 Å². The number of hydrogen-bond acceptors (Lipinski definition) is 10. The van der Waals surface area contributed by atoms with E-state index < -0.39 is 8.07 Å². The number of rotatable bonds is 11. The van der Waals surface area contributed by atoms with E-state index in [4.69, 9.17) is 9.97 Å². The van der Waals surface area contributed by atoms with Crippen LogP contribution >= 0.6 is 80.6 Å². The molecular weight excluding hydrogens is 1540 g/mol. The molecule has 363 valence electrons. The van der Waals surface area contributed by atoms with Gasteiger partial charge in [-0.05, 0) is 91.8 Å². The number of nitrogens with zero attached hydrogens (tertiary/aromatic N) is 3. The molecule has 0 unspecified atom stereocenters. The van der Waals surface area contributed by atoms with Crippen LogP contribution in [0.15, 0.2) is 177 Å². The second kappa shape index (κ2) is 28.0. The van der Waals surface area contributed by atoms with Crippen molar-refractivity contribution in [2.75, 3.05) is 18.8 Å². The molecule has 0 spiro atoms. The molecule has 0 bridgehead atoms. The van der Waals surface area contributed by atoms with Crippen LogP contribution in [0.25, 0.3) is 44.2 Å². The average molecular weight is 1590 g/mol. The molecule has 0 fully saturated rings. The second-order valence-electron chi connectivity index (χ2n) is 15.5. The molecule has 0 saturated carbocycles. The van der Waals surface area contributed by atoms with Crippen molar-refractivity contribution in [1.29, 1.82) is 0 Å². The summed E-state index contributed by atoms with van der Waals surface area (Å²) in [6.45, 7) is 8.51. The molecule has 70 heavy (non-hydrogen) atoms. The van der Waals surface area contributed by atoms with Gasteiger partial charge in [0.2, 0.25) is 0 Å². The van der Waals surface area contributed by atoms with E-state index in [0.29, 0.717) is 0 Å². The van der Waals surface area contributed by atoms with E-state index in [1.807, 2.05) is 18.4 Å². The van der Waals surface area contributed by atoms with Crippen LogP contribution in [0.5, 0.6) is 0 Å².